The van der Waals surface area contributed by atoms with Crippen LogP contribution in [0, 0.1) is 5.92 Å². The maximum absolute atomic E-state index is 11.4. The second kappa shape index (κ2) is 6.16. The lowest BCUT2D eigenvalue weighted by Gasteiger charge is -2.06. The highest BCUT2D eigenvalue weighted by Gasteiger charge is 2.06. The van der Waals surface area contributed by atoms with Crippen LogP contribution in [0.25, 0.3) is 0 Å². The Morgan fingerprint density at radius 2 is 1.75 bits per heavy atom. The molecule has 0 heterocycles. The van der Waals surface area contributed by atoms with Crippen molar-refractivity contribution in [3.63, 3.8) is 0 Å². The standard InChI is InChI=1S/C13H18O3/c1-10(2)4-9-13(14)16-12-7-5-11(15-3)6-8-12/h5-8,10H,4,9H2,1-3H3. The average Bonchev–Trinajstić information content (AvgIpc) is 2.27. The van der Waals surface area contributed by atoms with Gasteiger partial charge >= 0.3 is 5.97 Å². The van der Waals surface area contributed by atoms with Gasteiger partial charge in [0.25, 0.3) is 0 Å². The summed E-state index contributed by atoms with van der Waals surface area (Å²) in [7, 11) is 1.60. The molecule has 0 amide bonds. The molecule has 0 aliphatic heterocycles. The molecule has 0 unspecified atom stereocenters. The quantitative estimate of drug-likeness (QED) is 0.567. The SMILES string of the molecule is COc1ccc(OC(=O)CCC(C)C)cc1. The molecule has 16 heavy (non-hydrogen) atoms. The Hall–Kier alpha value is -1.51. The van der Waals surface area contributed by atoms with E-state index in [1.165, 1.54) is 0 Å². The molecule has 0 aromatic heterocycles. The van der Waals surface area contributed by atoms with Crippen molar-refractivity contribution < 1.29 is 14.3 Å². The van der Waals surface area contributed by atoms with Gasteiger partial charge in [0.1, 0.15) is 11.5 Å². The van der Waals surface area contributed by atoms with Crippen molar-refractivity contribution in [3.05, 3.63) is 24.3 Å². The van der Waals surface area contributed by atoms with Crippen LogP contribution in [0.3, 0.4) is 0 Å². The van der Waals surface area contributed by atoms with E-state index in [1.807, 2.05) is 0 Å². The Labute approximate surface area is 96.4 Å². The van der Waals surface area contributed by atoms with Crippen LogP contribution >= 0.6 is 0 Å². The molecule has 1 aromatic rings. The van der Waals surface area contributed by atoms with Crippen LogP contribution in [0.4, 0.5) is 0 Å². The molecule has 1 aromatic carbocycles. The Bertz CT molecular complexity index is 328. The van der Waals surface area contributed by atoms with Crippen LogP contribution in [0.15, 0.2) is 24.3 Å². The van der Waals surface area contributed by atoms with E-state index in [0.717, 1.165) is 12.2 Å². The summed E-state index contributed by atoms with van der Waals surface area (Å²) >= 11 is 0. The van der Waals surface area contributed by atoms with Crippen molar-refractivity contribution in [1.29, 1.82) is 0 Å². The second-order valence-electron chi connectivity index (χ2n) is 4.08. The predicted octanol–water partition coefficient (Wildman–Crippen LogP) is 3.04. The van der Waals surface area contributed by atoms with E-state index >= 15 is 0 Å². The summed E-state index contributed by atoms with van der Waals surface area (Å²) in [5.41, 5.74) is 0. The molecular formula is C13H18O3. The Balaban J connectivity index is 2.43. The number of rotatable bonds is 5. The van der Waals surface area contributed by atoms with Gasteiger partial charge in [0.15, 0.2) is 0 Å². The molecule has 0 atom stereocenters. The molecule has 0 saturated heterocycles. The zero-order valence-corrected chi connectivity index (χ0v) is 10.0. The smallest absolute Gasteiger partial charge is 0.311 e. The molecule has 0 spiro atoms. The van der Waals surface area contributed by atoms with Crippen LogP contribution in [0.2, 0.25) is 0 Å². The lowest BCUT2D eigenvalue weighted by atomic mass is 10.1. The summed E-state index contributed by atoms with van der Waals surface area (Å²) in [6.45, 7) is 4.17. The summed E-state index contributed by atoms with van der Waals surface area (Å²) in [4.78, 5) is 11.4. The first-order valence-corrected chi connectivity index (χ1v) is 5.46. The lowest BCUT2D eigenvalue weighted by molar-refractivity contribution is -0.134. The third-order valence-corrected chi connectivity index (χ3v) is 2.22. The van der Waals surface area contributed by atoms with Gasteiger partial charge in [-0.2, -0.15) is 0 Å². The van der Waals surface area contributed by atoms with Crippen molar-refractivity contribution in [2.75, 3.05) is 7.11 Å². The van der Waals surface area contributed by atoms with Gasteiger partial charge in [-0.15, -0.1) is 0 Å². The maximum Gasteiger partial charge on any atom is 0.311 e. The van der Waals surface area contributed by atoms with Crippen LogP contribution < -0.4 is 9.47 Å². The predicted molar refractivity (Wildman–Crippen MR) is 62.7 cm³/mol. The molecule has 1 rings (SSSR count). The van der Waals surface area contributed by atoms with Crippen molar-refractivity contribution in [3.8, 4) is 11.5 Å². The van der Waals surface area contributed by atoms with Crippen molar-refractivity contribution in [2.45, 2.75) is 26.7 Å². The van der Waals surface area contributed by atoms with Crippen LogP contribution in [-0.4, -0.2) is 13.1 Å². The van der Waals surface area contributed by atoms with E-state index < -0.39 is 0 Å². The summed E-state index contributed by atoms with van der Waals surface area (Å²) in [5, 5.41) is 0. The largest absolute Gasteiger partial charge is 0.497 e. The van der Waals surface area contributed by atoms with Crippen LogP contribution in [-0.2, 0) is 4.79 Å². The van der Waals surface area contributed by atoms with Gasteiger partial charge in [0, 0.05) is 6.42 Å². The summed E-state index contributed by atoms with van der Waals surface area (Å²) in [6, 6.07) is 6.99. The van der Waals surface area contributed by atoms with Gasteiger partial charge in [-0.3, -0.25) is 4.79 Å². The Morgan fingerprint density at radius 1 is 1.19 bits per heavy atom. The molecule has 3 heteroatoms. The average molecular weight is 222 g/mol. The van der Waals surface area contributed by atoms with Crippen molar-refractivity contribution >= 4 is 5.97 Å². The Morgan fingerprint density at radius 3 is 2.25 bits per heavy atom. The minimum atomic E-state index is -0.182. The minimum absolute atomic E-state index is 0.182. The van der Waals surface area contributed by atoms with Gasteiger partial charge in [-0.05, 0) is 36.6 Å². The van der Waals surface area contributed by atoms with Gasteiger partial charge < -0.3 is 9.47 Å². The van der Waals surface area contributed by atoms with E-state index in [-0.39, 0.29) is 5.97 Å². The fourth-order valence-electron chi connectivity index (χ4n) is 1.23. The molecule has 88 valence electrons. The number of benzene rings is 1. The molecule has 0 fully saturated rings. The van der Waals surface area contributed by atoms with Crippen molar-refractivity contribution in [1.82, 2.24) is 0 Å². The highest BCUT2D eigenvalue weighted by molar-refractivity contribution is 5.72. The monoisotopic (exact) mass is 222 g/mol. The molecular weight excluding hydrogens is 204 g/mol. The van der Waals surface area contributed by atoms with Crippen molar-refractivity contribution in [2.24, 2.45) is 5.92 Å². The number of methoxy groups -OCH3 is 1. The fourth-order valence-corrected chi connectivity index (χ4v) is 1.23. The molecule has 0 saturated carbocycles. The van der Waals surface area contributed by atoms with Crippen LogP contribution in [0.5, 0.6) is 11.5 Å². The van der Waals surface area contributed by atoms with Gasteiger partial charge in [0.2, 0.25) is 0 Å². The molecule has 0 radical (unpaired) electrons. The summed E-state index contributed by atoms with van der Waals surface area (Å²) < 4.78 is 10.2. The third kappa shape index (κ3) is 4.34. The van der Waals surface area contributed by atoms with Gasteiger partial charge in [-0.25, -0.2) is 0 Å². The van der Waals surface area contributed by atoms with E-state index in [4.69, 9.17) is 9.47 Å². The molecule has 0 N–H and O–H groups in total. The first-order valence-electron chi connectivity index (χ1n) is 5.46. The van der Waals surface area contributed by atoms with E-state index in [0.29, 0.717) is 18.1 Å². The second-order valence-corrected chi connectivity index (χ2v) is 4.08. The fraction of sp³-hybridized carbons (Fsp3) is 0.462. The normalized spacial score (nSPS) is 10.2. The van der Waals surface area contributed by atoms with Gasteiger partial charge in [-0.1, -0.05) is 13.8 Å². The van der Waals surface area contributed by atoms with E-state index in [9.17, 15) is 4.79 Å². The molecule has 3 nitrogen and oxygen atoms in total. The van der Waals surface area contributed by atoms with Crippen LogP contribution in [0.1, 0.15) is 26.7 Å². The topological polar surface area (TPSA) is 35.5 Å². The number of carbonyl (C=O) groups is 1. The first-order chi connectivity index (χ1) is 7.61. The first kappa shape index (κ1) is 12.6. The molecule has 0 bridgehead atoms. The number of carbonyl (C=O) groups excluding carboxylic acids is 1. The minimum Gasteiger partial charge on any atom is -0.497 e. The maximum atomic E-state index is 11.4. The molecule has 0 aliphatic rings. The zero-order valence-electron chi connectivity index (χ0n) is 10.0. The highest BCUT2D eigenvalue weighted by atomic mass is 16.5. The summed E-state index contributed by atoms with van der Waals surface area (Å²) in [5.74, 6) is 1.65. The van der Waals surface area contributed by atoms with E-state index in [2.05, 4.69) is 13.8 Å². The number of hydrogen-bond donors (Lipinski definition) is 0. The zero-order chi connectivity index (χ0) is 12.0. The number of esters is 1. The lowest BCUT2D eigenvalue weighted by Crippen LogP contribution is -2.08. The highest BCUT2D eigenvalue weighted by Crippen LogP contribution is 2.17. The summed E-state index contributed by atoms with van der Waals surface area (Å²) in [6.07, 6.45) is 1.32. The number of hydrogen-bond acceptors (Lipinski definition) is 3. The number of ether oxygens (including phenoxy) is 2. The Kier molecular flexibility index (Phi) is 4.83. The third-order valence-electron chi connectivity index (χ3n) is 2.22. The molecule has 0 aliphatic carbocycles. The van der Waals surface area contributed by atoms with Gasteiger partial charge in [0.05, 0.1) is 7.11 Å². The van der Waals surface area contributed by atoms with E-state index in [1.54, 1.807) is 31.4 Å².